The van der Waals surface area contributed by atoms with Crippen LogP contribution in [0.2, 0.25) is 5.02 Å². The zero-order valence-electron chi connectivity index (χ0n) is 18.6. The van der Waals surface area contributed by atoms with Crippen molar-refractivity contribution >= 4 is 39.8 Å². The van der Waals surface area contributed by atoms with Crippen molar-refractivity contribution in [3.63, 3.8) is 0 Å². The van der Waals surface area contributed by atoms with Crippen molar-refractivity contribution in [1.29, 1.82) is 0 Å². The van der Waals surface area contributed by atoms with Gasteiger partial charge in [-0.3, -0.25) is 9.59 Å². The third-order valence-corrected chi connectivity index (χ3v) is 6.96. The maximum Gasteiger partial charge on any atom is 0.256 e. The second-order valence-corrected chi connectivity index (χ2v) is 11.7. The molecule has 0 spiro atoms. The van der Waals surface area contributed by atoms with E-state index in [1.165, 1.54) is 4.88 Å². The molecule has 0 saturated carbocycles. The summed E-state index contributed by atoms with van der Waals surface area (Å²) >= 11 is 7.48. The fourth-order valence-corrected chi connectivity index (χ4v) is 5.28. The van der Waals surface area contributed by atoms with Crippen LogP contribution in [-0.2, 0) is 12.8 Å². The number of benzene rings is 1. The first-order valence-electron chi connectivity index (χ1n) is 10.4. The van der Waals surface area contributed by atoms with E-state index in [2.05, 4.69) is 31.4 Å². The number of halogens is 1. The van der Waals surface area contributed by atoms with Crippen LogP contribution in [0.3, 0.4) is 0 Å². The zero-order chi connectivity index (χ0) is 22.3. The van der Waals surface area contributed by atoms with E-state index in [9.17, 15) is 9.59 Å². The monoisotopic (exact) mass is 446 g/mol. The van der Waals surface area contributed by atoms with Crippen LogP contribution in [0.1, 0.15) is 79.1 Å². The number of fused-ring (bicyclic) bond motifs is 1. The molecule has 3 rings (SSSR count). The van der Waals surface area contributed by atoms with Crippen molar-refractivity contribution in [2.24, 2.45) is 11.3 Å². The maximum atomic E-state index is 13.2. The number of amides is 2. The smallest absolute Gasteiger partial charge is 0.256 e. The van der Waals surface area contributed by atoms with Gasteiger partial charge in [0.2, 0.25) is 0 Å². The summed E-state index contributed by atoms with van der Waals surface area (Å²) in [5, 5.41) is 7.29. The van der Waals surface area contributed by atoms with Crippen molar-refractivity contribution < 1.29 is 9.59 Å². The summed E-state index contributed by atoms with van der Waals surface area (Å²) in [6, 6.07) is 6.76. The Morgan fingerprint density at radius 1 is 1.03 bits per heavy atom. The topological polar surface area (TPSA) is 58.2 Å². The summed E-state index contributed by atoms with van der Waals surface area (Å²) in [6.07, 6.45) is 2.85. The first kappa shape index (κ1) is 22.8. The van der Waals surface area contributed by atoms with E-state index in [0.717, 1.165) is 24.8 Å². The predicted molar refractivity (Wildman–Crippen MR) is 126 cm³/mol. The van der Waals surface area contributed by atoms with Crippen LogP contribution in [0.25, 0.3) is 0 Å². The van der Waals surface area contributed by atoms with Crippen molar-refractivity contribution in [2.45, 2.75) is 66.3 Å². The Morgan fingerprint density at radius 2 is 1.67 bits per heavy atom. The lowest BCUT2D eigenvalue weighted by Crippen LogP contribution is -2.41. The minimum absolute atomic E-state index is 0.124. The van der Waals surface area contributed by atoms with Gasteiger partial charge in [0, 0.05) is 21.0 Å². The maximum absolute atomic E-state index is 13.2. The molecule has 162 valence electrons. The standard InChI is InChI=1S/C24H31ClN2O2S/c1-23(2,3)15-9-12-17-18(13-15)30-22(19(17)21(29)27-24(4,5)6)26-20(28)14-7-10-16(25)11-8-14/h7-8,10-11,15H,9,12-13H2,1-6H3,(H,26,28)(H,27,29). The number of rotatable bonds is 3. The lowest BCUT2D eigenvalue weighted by Gasteiger charge is -2.34. The molecule has 6 heteroatoms. The minimum atomic E-state index is -0.355. The molecule has 1 aromatic heterocycles. The van der Waals surface area contributed by atoms with Gasteiger partial charge in [0.1, 0.15) is 5.00 Å². The van der Waals surface area contributed by atoms with E-state index in [0.29, 0.717) is 27.1 Å². The molecule has 4 nitrogen and oxygen atoms in total. The van der Waals surface area contributed by atoms with Gasteiger partial charge in [0.25, 0.3) is 11.8 Å². The second kappa shape index (κ2) is 8.35. The first-order valence-corrected chi connectivity index (χ1v) is 11.6. The molecule has 0 fully saturated rings. The number of anilines is 1. The molecule has 1 aliphatic carbocycles. The van der Waals surface area contributed by atoms with Gasteiger partial charge in [-0.1, -0.05) is 32.4 Å². The van der Waals surface area contributed by atoms with E-state index in [1.807, 2.05) is 20.8 Å². The molecule has 0 radical (unpaired) electrons. The van der Waals surface area contributed by atoms with Gasteiger partial charge < -0.3 is 10.6 Å². The highest BCUT2D eigenvalue weighted by molar-refractivity contribution is 7.17. The summed E-state index contributed by atoms with van der Waals surface area (Å²) < 4.78 is 0. The van der Waals surface area contributed by atoms with Crippen LogP contribution in [0.4, 0.5) is 5.00 Å². The van der Waals surface area contributed by atoms with Crippen LogP contribution >= 0.6 is 22.9 Å². The fraction of sp³-hybridized carbons (Fsp3) is 0.500. The molecule has 30 heavy (non-hydrogen) atoms. The summed E-state index contributed by atoms with van der Waals surface area (Å²) in [4.78, 5) is 27.2. The molecule has 1 atom stereocenters. The van der Waals surface area contributed by atoms with E-state index < -0.39 is 0 Å². The number of carbonyl (C=O) groups is 2. The first-order chi connectivity index (χ1) is 13.8. The fourth-order valence-electron chi connectivity index (χ4n) is 3.83. The Hall–Kier alpha value is -1.85. The molecule has 1 aromatic carbocycles. The second-order valence-electron chi connectivity index (χ2n) is 10.2. The summed E-state index contributed by atoms with van der Waals surface area (Å²) in [5.41, 5.74) is 2.09. The molecule has 2 N–H and O–H groups in total. The molecule has 2 aromatic rings. The molecule has 1 heterocycles. The molecular formula is C24H31ClN2O2S. The third-order valence-electron chi connectivity index (χ3n) is 5.54. The zero-order valence-corrected chi connectivity index (χ0v) is 20.2. The van der Waals surface area contributed by atoms with Crippen LogP contribution in [0, 0.1) is 11.3 Å². The molecule has 0 saturated heterocycles. The molecule has 1 aliphatic rings. The highest BCUT2D eigenvalue weighted by Gasteiger charge is 2.34. The number of hydrogen-bond donors (Lipinski definition) is 2. The Morgan fingerprint density at radius 3 is 2.23 bits per heavy atom. The summed E-state index contributed by atoms with van der Waals surface area (Å²) in [5.74, 6) is 0.199. The van der Waals surface area contributed by atoms with Gasteiger partial charge >= 0.3 is 0 Å². The van der Waals surface area contributed by atoms with Gasteiger partial charge in [-0.15, -0.1) is 11.3 Å². The summed E-state index contributed by atoms with van der Waals surface area (Å²) in [7, 11) is 0. The Balaban J connectivity index is 1.97. The molecule has 2 amide bonds. The quantitative estimate of drug-likeness (QED) is 0.578. The normalized spacial score (nSPS) is 16.7. The lowest BCUT2D eigenvalue weighted by molar-refractivity contribution is 0.0919. The molecule has 0 bridgehead atoms. The van der Waals surface area contributed by atoms with Gasteiger partial charge in [0.05, 0.1) is 5.56 Å². The van der Waals surface area contributed by atoms with Gasteiger partial charge in [-0.05, 0) is 81.2 Å². The van der Waals surface area contributed by atoms with Crippen LogP contribution in [-0.4, -0.2) is 17.4 Å². The number of hydrogen-bond acceptors (Lipinski definition) is 3. The van der Waals surface area contributed by atoms with Gasteiger partial charge in [-0.2, -0.15) is 0 Å². The Kier molecular flexibility index (Phi) is 6.35. The molecule has 1 unspecified atom stereocenters. The van der Waals surface area contributed by atoms with Crippen LogP contribution in [0.15, 0.2) is 24.3 Å². The van der Waals surface area contributed by atoms with E-state index >= 15 is 0 Å². The number of nitrogens with one attached hydrogen (secondary N) is 2. The van der Waals surface area contributed by atoms with Crippen molar-refractivity contribution in [2.75, 3.05) is 5.32 Å². The SMILES string of the molecule is CC(C)(C)NC(=O)c1c(NC(=O)c2ccc(Cl)cc2)sc2c1CCC(C(C)(C)C)C2. The molecular weight excluding hydrogens is 416 g/mol. The van der Waals surface area contributed by atoms with Crippen molar-refractivity contribution in [3.8, 4) is 0 Å². The highest BCUT2D eigenvalue weighted by Crippen LogP contribution is 2.44. The Bertz CT molecular complexity index is 949. The Labute approximate surface area is 188 Å². The van der Waals surface area contributed by atoms with E-state index in [-0.39, 0.29) is 22.8 Å². The van der Waals surface area contributed by atoms with Crippen molar-refractivity contribution in [3.05, 3.63) is 50.9 Å². The van der Waals surface area contributed by atoms with Gasteiger partial charge in [0.15, 0.2) is 0 Å². The highest BCUT2D eigenvalue weighted by atomic mass is 35.5. The van der Waals surface area contributed by atoms with E-state index in [4.69, 9.17) is 11.6 Å². The average molecular weight is 447 g/mol. The van der Waals surface area contributed by atoms with Crippen molar-refractivity contribution in [1.82, 2.24) is 5.32 Å². The molecule has 0 aliphatic heterocycles. The number of thiophene rings is 1. The van der Waals surface area contributed by atoms with Crippen LogP contribution < -0.4 is 10.6 Å². The predicted octanol–water partition coefficient (Wildman–Crippen LogP) is 6.33. The minimum Gasteiger partial charge on any atom is -0.347 e. The summed E-state index contributed by atoms with van der Waals surface area (Å²) in [6.45, 7) is 12.7. The lowest BCUT2D eigenvalue weighted by atomic mass is 9.72. The number of carbonyl (C=O) groups excluding carboxylic acids is 2. The van der Waals surface area contributed by atoms with Crippen LogP contribution in [0.5, 0.6) is 0 Å². The largest absolute Gasteiger partial charge is 0.347 e. The third kappa shape index (κ3) is 5.25. The van der Waals surface area contributed by atoms with E-state index in [1.54, 1.807) is 35.6 Å². The van der Waals surface area contributed by atoms with Gasteiger partial charge in [-0.25, -0.2) is 0 Å². The average Bonchev–Trinajstić information content (AvgIpc) is 2.97.